The first-order valence-electron chi connectivity index (χ1n) is 7.50. The van der Waals surface area contributed by atoms with Crippen molar-refractivity contribution in [2.75, 3.05) is 13.1 Å². The van der Waals surface area contributed by atoms with Gasteiger partial charge in [-0.2, -0.15) is 0 Å². The van der Waals surface area contributed by atoms with Crippen molar-refractivity contribution in [3.63, 3.8) is 0 Å². The fraction of sp³-hybridized carbons (Fsp3) is 0.786. The maximum Gasteiger partial charge on any atom is 0.314 e. The highest BCUT2D eigenvalue weighted by molar-refractivity contribution is 5.77. The van der Waals surface area contributed by atoms with E-state index in [0.29, 0.717) is 38.4 Å². The maximum atomic E-state index is 11.5. The van der Waals surface area contributed by atoms with Crippen LogP contribution in [0.15, 0.2) is 0 Å². The molecule has 0 radical (unpaired) electrons. The van der Waals surface area contributed by atoms with Crippen LogP contribution in [-0.4, -0.2) is 42.1 Å². The Kier molecular flexibility index (Phi) is 7.56. The summed E-state index contributed by atoms with van der Waals surface area (Å²) >= 11 is 0. The monoisotopic (exact) mass is 299 g/mol. The lowest BCUT2D eigenvalue weighted by molar-refractivity contribution is -0.137. The van der Waals surface area contributed by atoms with Crippen LogP contribution in [0.1, 0.15) is 45.4 Å². The minimum absolute atomic E-state index is 0.0435. The van der Waals surface area contributed by atoms with Crippen LogP contribution in [0.5, 0.6) is 0 Å². The number of carboxylic acids is 1. The summed E-state index contributed by atoms with van der Waals surface area (Å²) in [5.41, 5.74) is 0. The van der Waals surface area contributed by atoms with Crippen molar-refractivity contribution in [2.45, 2.75) is 51.5 Å². The molecule has 1 atom stereocenters. The quantitative estimate of drug-likeness (QED) is 0.448. The summed E-state index contributed by atoms with van der Waals surface area (Å²) in [6.07, 6.45) is 3.84. The van der Waals surface area contributed by atoms with Gasteiger partial charge < -0.3 is 21.1 Å². The third kappa shape index (κ3) is 9.70. The van der Waals surface area contributed by atoms with Crippen LogP contribution in [0.2, 0.25) is 0 Å². The fourth-order valence-corrected chi connectivity index (χ4v) is 1.78. The fourth-order valence-electron chi connectivity index (χ4n) is 1.78. The van der Waals surface area contributed by atoms with Crippen LogP contribution < -0.4 is 16.0 Å². The SMILES string of the molecule is CC(CCC(=O)O)CNC(=O)NCCCC(=O)NC1CC1. The summed E-state index contributed by atoms with van der Waals surface area (Å²) in [5, 5.41) is 16.8. The Morgan fingerprint density at radius 3 is 2.52 bits per heavy atom. The number of carbonyl (C=O) groups is 3. The lowest BCUT2D eigenvalue weighted by atomic mass is 10.1. The number of hydrogen-bond acceptors (Lipinski definition) is 3. The van der Waals surface area contributed by atoms with E-state index in [9.17, 15) is 14.4 Å². The van der Waals surface area contributed by atoms with E-state index in [1.165, 1.54) is 0 Å². The number of carbonyl (C=O) groups excluding carboxylic acids is 2. The molecule has 0 saturated heterocycles. The largest absolute Gasteiger partial charge is 0.481 e. The lowest BCUT2D eigenvalue weighted by Crippen LogP contribution is -2.38. The summed E-state index contributed by atoms with van der Waals surface area (Å²) in [4.78, 5) is 33.3. The Hall–Kier alpha value is -1.79. The Balaban J connectivity index is 1.95. The molecule has 1 fully saturated rings. The number of aliphatic carboxylic acids is 1. The van der Waals surface area contributed by atoms with E-state index >= 15 is 0 Å². The molecule has 1 unspecified atom stereocenters. The highest BCUT2D eigenvalue weighted by Gasteiger charge is 2.22. The first-order valence-corrected chi connectivity index (χ1v) is 7.50. The standard InChI is InChI=1S/C14H25N3O4/c1-10(4-7-13(19)20)9-16-14(21)15-8-2-3-12(18)17-11-5-6-11/h10-11H,2-9H2,1H3,(H,17,18)(H,19,20)(H2,15,16,21). The van der Waals surface area contributed by atoms with E-state index in [4.69, 9.17) is 5.11 Å². The summed E-state index contributed by atoms with van der Waals surface area (Å²) in [5.74, 6) is -0.658. The zero-order chi connectivity index (χ0) is 15.7. The van der Waals surface area contributed by atoms with Crippen LogP contribution in [0, 0.1) is 5.92 Å². The van der Waals surface area contributed by atoms with Crippen LogP contribution in [0.25, 0.3) is 0 Å². The highest BCUT2D eigenvalue weighted by atomic mass is 16.4. The van der Waals surface area contributed by atoms with E-state index in [1.54, 1.807) is 0 Å². The van der Waals surface area contributed by atoms with Gasteiger partial charge in [0.15, 0.2) is 0 Å². The van der Waals surface area contributed by atoms with Gasteiger partial charge in [-0.15, -0.1) is 0 Å². The molecular weight excluding hydrogens is 274 g/mol. The third-order valence-electron chi connectivity index (χ3n) is 3.27. The maximum absolute atomic E-state index is 11.5. The molecule has 7 nitrogen and oxygen atoms in total. The molecule has 4 N–H and O–H groups in total. The van der Waals surface area contributed by atoms with Gasteiger partial charge in [0.25, 0.3) is 0 Å². The predicted octanol–water partition coefficient (Wildman–Crippen LogP) is 0.845. The van der Waals surface area contributed by atoms with Gasteiger partial charge in [0, 0.05) is 32.0 Å². The molecule has 0 aromatic carbocycles. The average molecular weight is 299 g/mol. The minimum atomic E-state index is -0.823. The smallest absolute Gasteiger partial charge is 0.314 e. The van der Waals surface area contributed by atoms with E-state index in [1.807, 2.05) is 6.92 Å². The number of carboxylic acid groups (broad SMARTS) is 1. The number of rotatable bonds is 10. The molecule has 3 amide bonds. The van der Waals surface area contributed by atoms with Crippen molar-refractivity contribution in [3.05, 3.63) is 0 Å². The van der Waals surface area contributed by atoms with Crippen molar-refractivity contribution in [1.29, 1.82) is 0 Å². The van der Waals surface area contributed by atoms with E-state index in [2.05, 4.69) is 16.0 Å². The Labute approximate surface area is 124 Å². The summed E-state index contributed by atoms with van der Waals surface area (Å²) < 4.78 is 0. The first-order chi connectivity index (χ1) is 9.97. The molecule has 0 aromatic heterocycles. The number of urea groups is 1. The van der Waals surface area contributed by atoms with Gasteiger partial charge in [-0.3, -0.25) is 9.59 Å². The molecule has 1 rings (SSSR count). The van der Waals surface area contributed by atoms with Crippen LogP contribution >= 0.6 is 0 Å². The van der Waals surface area contributed by atoms with E-state index in [0.717, 1.165) is 12.8 Å². The zero-order valence-corrected chi connectivity index (χ0v) is 12.5. The number of nitrogens with one attached hydrogen (secondary N) is 3. The number of amides is 3. The van der Waals surface area contributed by atoms with Gasteiger partial charge in [-0.1, -0.05) is 6.92 Å². The van der Waals surface area contributed by atoms with Gasteiger partial charge >= 0.3 is 12.0 Å². The first kappa shape index (κ1) is 17.3. The van der Waals surface area contributed by atoms with Crippen molar-refractivity contribution in [2.24, 2.45) is 5.92 Å². The van der Waals surface area contributed by atoms with Crippen molar-refractivity contribution >= 4 is 17.9 Å². The van der Waals surface area contributed by atoms with Gasteiger partial charge in [0.2, 0.25) is 5.91 Å². The lowest BCUT2D eigenvalue weighted by Gasteiger charge is -2.12. The summed E-state index contributed by atoms with van der Waals surface area (Å²) in [7, 11) is 0. The van der Waals surface area contributed by atoms with Gasteiger partial charge in [0.1, 0.15) is 0 Å². The Bertz CT molecular complexity index is 369. The van der Waals surface area contributed by atoms with Gasteiger partial charge in [-0.25, -0.2) is 4.79 Å². The summed E-state index contributed by atoms with van der Waals surface area (Å²) in [6.45, 7) is 2.79. The predicted molar refractivity (Wildman–Crippen MR) is 77.8 cm³/mol. The van der Waals surface area contributed by atoms with Gasteiger partial charge in [0.05, 0.1) is 0 Å². The minimum Gasteiger partial charge on any atom is -0.481 e. The Morgan fingerprint density at radius 2 is 1.90 bits per heavy atom. The van der Waals surface area contributed by atoms with Crippen molar-refractivity contribution < 1.29 is 19.5 Å². The second kappa shape index (κ2) is 9.20. The van der Waals surface area contributed by atoms with E-state index in [-0.39, 0.29) is 24.3 Å². The molecule has 0 spiro atoms. The summed E-state index contributed by atoms with van der Waals surface area (Å²) in [6, 6.07) is 0.0980. The van der Waals surface area contributed by atoms with E-state index < -0.39 is 5.97 Å². The molecule has 0 bridgehead atoms. The van der Waals surface area contributed by atoms with Crippen molar-refractivity contribution in [1.82, 2.24) is 16.0 Å². The molecular formula is C14H25N3O4. The third-order valence-corrected chi connectivity index (χ3v) is 3.27. The topological polar surface area (TPSA) is 108 Å². The van der Waals surface area contributed by atoms with Crippen LogP contribution in [0.4, 0.5) is 4.79 Å². The molecule has 7 heteroatoms. The van der Waals surface area contributed by atoms with Crippen molar-refractivity contribution in [3.8, 4) is 0 Å². The Morgan fingerprint density at radius 1 is 1.19 bits per heavy atom. The molecule has 1 aliphatic rings. The van der Waals surface area contributed by atoms with Crippen LogP contribution in [-0.2, 0) is 9.59 Å². The zero-order valence-electron chi connectivity index (χ0n) is 12.5. The normalized spacial score (nSPS) is 15.1. The van der Waals surface area contributed by atoms with Crippen LogP contribution in [0.3, 0.4) is 0 Å². The number of hydrogen-bond donors (Lipinski definition) is 4. The second-order valence-electron chi connectivity index (χ2n) is 5.62. The highest BCUT2D eigenvalue weighted by Crippen LogP contribution is 2.18. The molecule has 21 heavy (non-hydrogen) atoms. The molecule has 1 saturated carbocycles. The average Bonchev–Trinajstić information content (AvgIpc) is 3.22. The second-order valence-corrected chi connectivity index (χ2v) is 5.62. The molecule has 0 aromatic rings. The van der Waals surface area contributed by atoms with Gasteiger partial charge in [-0.05, 0) is 31.6 Å². The molecule has 0 aliphatic heterocycles. The molecule has 120 valence electrons. The molecule has 0 heterocycles. The molecule has 1 aliphatic carbocycles.